The van der Waals surface area contributed by atoms with Crippen molar-refractivity contribution in [2.75, 3.05) is 6.61 Å². The molecule has 2 aliphatic carbocycles. The van der Waals surface area contributed by atoms with Crippen molar-refractivity contribution in [3.63, 3.8) is 0 Å². The van der Waals surface area contributed by atoms with Crippen LogP contribution in [0.2, 0.25) is 0 Å². The number of hydrogen-bond acceptors (Lipinski definition) is 2. The van der Waals surface area contributed by atoms with E-state index >= 15 is 0 Å². The van der Waals surface area contributed by atoms with Crippen LogP contribution in [0.15, 0.2) is 12.1 Å². The first kappa shape index (κ1) is 9.81. The van der Waals surface area contributed by atoms with E-state index in [1.54, 1.807) is 0 Å². The number of aryl methyl sites for hydroxylation is 1. The van der Waals surface area contributed by atoms with Crippen molar-refractivity contribution in [2.24, 2.45) is 0 Å². The van der Waals surface area contributed by atoms with E-state index in [9.17, 15) is 0 Å². The van der Waals surface area contributed by atoms with Gasteiger partial charge in [0.15, 0.2) is 0 Å². The molecule has 0 radical (unpaired) electrons. The zero-order valence-corrected chi connectivity index (χ0v) is 10.3. The molecule has 0 aromatic heterocycles. The molecular weight excluding hydrogens is 212 g/mol. The minimum absolute atomic E-state index is 0.320. The van der Waals surface area contributed by atoms with Crippen molar-refractivity contribution in [3.8, 4) is 11.5 Å². The first-order valence-electron chi connectivity index (χ1n) is 6.72. The van der Waals surface area contributed by atoms with Gasteiger partial charge in [-0.3, -0.25) is 0 Å². The molecule has 0 N–H and O–H groups in total. The van der Waals surface area contributed by atoms with Crippen molar-refractivity contribution in [3.05, 3.63) is 23.3 Å². The zero-order valence-electron chi connectivity index (χ0n) is 10.3. The molecule has 2 saturated carbocycles. The zero-order chi connectivity index (χ0) is 11.5. The Bertz CT molecular complexity index is 470. The standard InChI is InChI=1S/C15H18O2/c1-10-5-6-12(17-11-3-2-4-11)13-14(10)16-9-15(13)7-8-15/h5-6,11H,2-4,7-9H2,1H3. The van der Waals surface area contributed by atoms with Crippen LogP contribution in [0.5, 0.6) is 11.5 Å². The van der Waals surface area contributed by atoms with E-state index in [4.69, 9.17) is 9.47 Å². The SMILES string of the molecule is Cc1ccc(OC2CCC2)c2c1OCC21CC1. The smallest absolute Gasteiger partial charge is 0.129 e. The van der Waals surface area contributed by atoms with Crippen LogP contribution in [0.3, 0.4) is 0 Å². The van der Waals surface area contributed by atoms with Gasteiger partial charge < -0.3 is 9.47 Å². The van der Waals surface area contributed by atoms with E-state index < -0.39 is 0 Å². The number of rotatable bonds is 2. The third-order valence-corrected chi connectivity index (χ3v) is 4.54. The van der Waals surface area contributed by atoms with Gasteiger partial charge in [-0.15, -0.1) is 0 Å². The highest BCUT2D eigenvalue weighted by atomic mass is 16.5. The fourth-order valence-electron chi connectivity index (χ4n) is 2.95. The molecule has 1 aromatic carbocycles. The maximum absolute atomic E-state index is 6.14. The Balaban J connectivity index is 1.77. The minimum Gasteiger partial charge on any atom is -0.492 e. The van der Waals surface area contributed by atoms with E-state index in [0.717, 1.165) is 18.1 Å². The van der Waals surface area contributed by atoms with Gasteiger partial charge >= 0.3 is 0 Å². The molecule has 17 heavy (non-hydrogen) atoms. The highest BCUT2D eigenvalue weighted by Crippen LogP contribution is 2.59. The molecule has 2 fully saturated rings. The largest absolute Gasteiger partial charge is 0.492 e. The average Bonchev–Trinajstić information content (AvgIpc) is 2.92. The first-order chi connectivity index (χ1) is 8.28. The monoisotopic (exact) mass is 230 g/mol. The summed E-state index contributed by atoms with van der Waals surface area (Å²) >= 11 is 0. The Kier molecular flexibility index (Phi) is 1.84. The van der Waals surface area contributed by atoms with Crippen LogP contribution in [0.1, 0.15) is 43.2 Å². The molecule has 0 amide bonds. The van der Waals surface area contributed by atoms with Crippen molar-refractivity contribution < 1.29 is 9.47 Å². The van der Waals surface area contributed by atoms with E-state index in [0.29, 0.717) is 11.5 Å². The minimum atomic E-state index is 0.320. The molecule has 2 heteroatoms. The Morgan fingerprint density at radius 1 is 1.29 bits per heavy atom. The second-order valence-corrected chi connectivity index (χ2v) is 5.82. The van der Waals surface area contributed by atoms with Crippen molar-refractivity contribution in [1.82, 2.24) is 0 Å². The molecule has 0 unspecified atom stereocenters. The van der Waals surface area contributed by atoms with Crippen LogP contribution in [0.25, 0.3) is 0 Å². The molecule has 0 saturated heterocycles. The van der Waals surface area contributed by atoms with Gasteiger partial charge in [0.1, 0.15) is 11.5 Å². The Morgan fingerprint density at radius 2 is 2.12 bits per heavy atom. The second kappa shape index (κ2) is 3.18. The Hall–Kier alpha value is -1.18. The summed E-state index contributed by atoms with van der Waals surface area (Å²) in [5, 5.41) is 0. The lowest BCUT2D eigenvalue weighted by Gasteiger charge is -2.28. The van der Waals surface area contributed by atoms with Crippen LogP contribution >= 0.6 is 0 Å². The van der Waals surface area contributed by atoms with E-state index in [-0.39, 0.29) is 0 Å². The molecule has 0 atom stereocenters. The summed E-state index contributed by atoms with van der Waals surface area (Å²) in [5.41, 5.74) is 2.95. The fraction of sp³-hybridized carbons (Fsp3) is 0.600. The number of ether oxygens (including phenoxy) is 2. The van der Waals surface area contributed by atoms with Gasteiger partial charge in [-0.25, -0.2) is 0 Å². The summed E-state index contributed by atoms with van der Waals surface area (Å²) < 4.78 is 12.0. The molecule has 1 spiro atoms. The maximum atomic E-state index is 6.14. The van der Waals surface area contributed by atoms with E-state index in [1.807, 2.05) is 0 Å². The summed E-state index contributed by atoms with van der Waals surface area (Å²) in [6.07, 6.45) is 6.75. The Morgan fingerprint density at radius 3 is 2.76 bits per heavy atom. The average molecular weight is 230 g/mol. The predicted molar refractivity (Wildman–Crippen MR) is 65.9 cm³/mol. The molecule has 90 valence electrons. The summed E-state index contributed by atoms with van der Waals surface area (Å²) in [5.74, 6) is 2.21. The lowest BCUT2D eigenvalue weighted by atomic mass is 9.93. The van der Waals surface area contributed by atoms with Crippen molar-refractivity contribution >= 4 is 0 Å². The lowest BCUT2D eigenvalue weighted by Crippen LogP contribution is -2.25. The van der Waals surface area contributed by atoms with Gasteiger partial charge in [-0.1, -0.05) is 6.07 Å². The van der Waals surface area contributed by atoms with Gasteiger partial charge in [-0.2, -0.15) is 0 Å². The normalized spacial score (nSPS) is 24.1. The van der Waals surface area contributed by atoms with Crippen LogP contribution in [0, 0.1) is 6.92 Å². The van der Waals surface area contributed by atoms with Crippen LogP contribution in [-0.4, -0.2) is 12.7 Å². The van der Waals surface area contributed by atoms with Crippen LogP contribution in [-0.2, 0) is 5.41 Å². The fourth-order valence-corrected chi connectivity index (χ4v) is 2.95. The maximum Gasteiger partial charge on any atom is 0.129 e. The van der Waals surface area contributed by atoms with Gasteiger partial charge in [0.2, 0.25) is 0 Å². The highest BCUT2D eigenvalue weighted by molar-refractivity contribution is 5.58. The molecule has 0 bridgehead atoms. The molecule has 1 aromatic rings. The van der Waals surface area contributed by atoms with E-state index in [2.05, 4.69) is 19.1 Å². The third kappa shape index (κ3) is 1.33. The molecule has 3 aliphatic rings. The second-order valence-electron chi connectivity index (χ2n) is 5.82. The van der Waals surface area contributed by atoms with E-state index in [1.165, 1.54) is 43.2 Å². The Labute approximate surface area is 102 Å². The molecule has 4 rings (SSSR count). The molecular formula is C15H18O2. The lowest BCUT2D eigenvalue weighted by molar-refractivity contribution is 0.118. The quantitative estimate of drug-likeness (QED) is 0.775. The van der Waals surface area contributed by atoms with Gasteiger partial charge in [-0.05, 0) is 50.7 Å². The third-order valence-electron chi connectivity index (χ3n) is 4.54. The van der Waals surface area contributed by atoms with Gasteiger partial charge in [0, 0.05) is 11.0 Å². The first-order valence-corrected chi connectivity index (χ1v) is 6.72. The van der Waals surface area contributed by atoms with Crippen molar-refractivity contribution in [1.29, 1.82) is 0 Å². The van der Waals surface area contributed by atoms with Gasteiger partial charge in [0.05, 0.1) is 12.7 Å². The predicted octanol–water partition coefficient (Wildman–Crippen LogP) is 3.35. The molecule has 2 nitrogen and oxygen atoms in total. The summed E-state index contributed by atoms with van der Waals surface area (Å²) in [6, 6.07) is 4.29. The highest BCUT2D eigenvalue weighted by Gasteiger charge is 2.53. The number of hydrogen-bond donors (Lipinski definition) is 0. The summed E-state index contributed by atoms with van der Waals surface area (Å²) in [6.45, 7) is 3.00. The van der Waals surface area contributed by atoms with Crippen LogP contribution < -0.4 is 9.47 Å². The van der Waals surface area contributed by atoms with Gasteiger partial charge in [0.25, 0.3) is 0 Å². The number of benzene rings is 1. The topological polar surface area (TPSA) is 18.5 Å². The molecule has 1 aliphatic heterocycles. The number of fused-ring (bicyclic) bond motifs is 2. The van der Waals surface area contributed by atoms with Crippen molar-refractivity contribution in [2.45, 2.75) is 50.5 Å². The summed E-state index contributed by atoms with van der Waals surface area (Å²) in [4.78, 5) is 0. The van der Waals surface area contributed by atoms with Crippen LogP contribution in [0.4, 0.5) is 0 Å². The molecule has 1 heterocycles. The summed E-state index contributed by atoms with van der Waals surface area (Å²) in [7, 11) is 0.